The van der Waals surface area contributed by atoms with Gasteiger partial charge in [0, 0.05) is 45.1 Å². The molecule has 7 nitrogen and oxygen atoms in total. The molecule has 2 aromatic rings. The van der Waals surface area contributed by atoms with Crippen LogP contribution in [0.1, 0.15) is 17.5 Å². The normalized spacial score (nSPS) is 23.0. The highest BCUT2D eigenvalue weighted by atomic mass is 16.6. The first-order chi connectivity index (χ1) is 13.2. The van der Waals surface area contributed by atoms with Crippen molar-refractivity contribution in [3.8, 4) is 0 Å². The maximum Gasteiger partial charge on any atom is 0.234 e. The van der Waals surface area contributed by atoms with E-state index >= 15 is 0 Å². The lowest BCUT2D eigenvalue weighted by Gasteiger charge is -2.39. The number of aromatic nitrogens is 2. The summed E-state index contributed by atoms with van der Waals surface area (Å²) in [6.45, 7) is 5.19. The number of ether oxygens (including phenoxy) is 2. The van der Waals surface area contributed by atoms with Crippen molar-refractivity contribution in [3.63, 3.8) is 0 Å². The van der Waals surface area contributed by atoms with E-state index < -0.39 is 0 Å². The van der Waals surface area contributed by atoms with Gasteiger partial charge in [0.25, 0.3) is 0 Å². The van der Waals surface area contributed by atoms with Crippen LogP contribution in [0.3, 0.4) is 0 Å². The Labute approximate surface area is 159 Å². The van der Waals surface area contributed by atoms with E-state index in [2.05, 4.69) is 27.4 Å². The average molecular weight is 370 g/mol. The molecular formula is C20H26N4O3. The number of morpholine rings is 1. The van der Waals surface area contributed by atoms with Gasteiger partial charge in [-0.15, -0.1) is 0 Å². The number of carbonyl (C=O) groups excluding carboxylic acids is 1. The average Bonchev–Trinajstić information content (AvgIpc) is 3.34. The third kappa shape index (κ3) is 4.55. The van der Waals surface area contributed by atoms with E-state index in [4.69, 9.17) is 9.47 Å². The second kappa shape index (κ2) is 8.21. The Morgan fingerprint density at radius 1 is 1.22 bits per heavy atom. The summed E-state index contributed by atoms with van der Waals surface area (Å²) in [5.74, 6) is 0.0415. The van der Waals surface area contributed by atoms with Crippen LogP contribution in [-0.2, 0) is 27.4 Å². The zero-order valence-electron chi connectivity index (χ0n) is 15.5. The van der Waals surface area contributed by atoms with Crippen molar-refractivity contribution in [2.75, 3.05) is 39.5 Å². The zero-order valence-corrected chi connectivity index (χ0v) is 15.5. The van der Waals surface area contributed by atoms with Crippen LogP contribution in [0, 0.1) is 0 Å². The molecule has 3 heterocycles. The van der Waals surface area contributed by atoms with Crippen molar-refractivity contribution in [1.82, 2.24) is 20.0 Å². The zero-order chi connectivity index (χ0) is 18.5. The van der Waals surface area contributed by atoms with Gasteiger partial charge in [-0.2, -0.15) is 5.10 Å². The highest BCUT2D eigenvalue weighted by molar-refractivity contribution is 5.78. The maximum absolute atomic E-state index is 12.5. The molecule has 144 valence electrons. The molecule has 2 fully saturated rings. The third-order valence-electron chi connectivity index (χ3n) is 5.25. The molecule has 2 aliphatic rings. The largest absolute Gasteiger partial charge is 0.378 e. The molecule has 2 saturated heterocycles. The van der Waals surface area contributed by atoms with Crippen LogP contribution in [0.15, 0.2) is 42.7 Å². The van der Waals surface area contributed by atoms with Gasteiger partial charge in [0.15, 0.2) is 0 Å². The Balaban J connectivity index is 1.30. The maximum atomic E-state index is 12.5. The molecule has 27 heavy (non-hydrogen) atoms. The molecule has 4 rings (SSSR count). The fourth-order valence-electron chi connectivity index (χ4n) is 3.79. The molecule has 1 N–H and O–H groups in total. The summed E-state index contributed by atoms with van der Waals surface area (Å²) in [6, 6.07) is 10.1. The van der Waals surface area contributed by atoms with Crippen molar-refractivity contribution in [2.45, 2.75) is 25.1 Å². The van der Waals surface area contributed by atoms with Gasteiger partial charge in [0.1, 0.15) is 5.60 Å². The van der Waals surface area contributed by atoms with Crippen LogP contribution in [0.4, 0.5) is 0 Å². The Bertz CT molecular complexity index is 756. The van der Waals surface area contributed by atoms with Crippen LogP contribution in [0.2, 0.25) is 0 Å². The number of nitrogens with one attached hydrogen (secondary N) is 1. The molecule has 1 aromatic carbocycles. The lowest BCUT2D eigenvalue weighted by molar-refractivity contribution is -0.131. The van der Waals surface area contributed by atoms with Gasteiger partial charge in [0.2, 0.25) is 5.91 Å². The minimum absolute atomic E-state index is 0.0415. The molecule has 1 aromatic heterocycles. The molecule has 0 aliphatic carbocycles. The summed E-state index contributed by atoms with van der Waals surface area (Å²) in [6.07, 6.45) is 4.62. The molecule has 1 spiro atoms. The molecule has 0 radical (unpaired) electrons. The summed E-state index contributed by atoms with van der Waals surface area (Å²) >= 11 is 0. The molecule has 1 atom stereocenters. The van der Waals surface area contributed by atoms with Crippen molar-refractivity contribution in [1.29, 1.82) is 0 Å². The molecule has 1 unspecified atom stereocenters. The molecule has 1 amide bonds. The van der Waals surface area contributed by atoms with Crippen molar-refractivity contribution in [2.24, 2.45) is 0 Å². The van der Waals surface area contributed by atoms with Crippen LogP contribution in [0.25, 0.3) is 0 Å². The first-order valence-electron chi connectivity index (χ1n) is 9.47. The number of benzene rings is 1. The smallest absolute Gasteiger partial charge is 0.234 e. The number of amides is 1. The predicted octanol–water partition coefficient (Wildman–Crippen LogP) is 1.04. The predicted molar refractivity (Wildman–Crippen MR) is 100 cm³/mol. The Morgan fingerprint density at radius 3 is 2.89 bits per heavy atom. The summed E-state index contributed by atoms with van der Waals surface area (Å²) in [7, 11) is 0. The van der Waals surface area contributed by atoms with Crippen LogP contribution in [0.5, 0.6) is 0 Å². The van der Waals surface area contributed by atoms with Crippen molar-refractivity contribution < 1.29 is 14.3 Å². The quantitative estimate of drug-likeness (QED) is 0.823. The van der Waals surface area contributed by atoms with Gasteiger partial charge < -0.3 is 14.8 Å². The fraction of sp³-hybridized carbons (Fsp3) is 0.500. The van der Waals surface area contributed by atoms with E-state index in [-0.39, 0.29) is 11.5 Å². The van der Waals surface area contributed by atoms with Gasteiger partial charge in [-0.1, -0.05) is 24.3 Å². The van der Waals surface area contributed by atoms with Crippen LogP contribution < -0.4 is 5.32 Å². The summed E-state index contributed by atoms with van der Waals surface area (Å²) < 4.78 is 13.3. The van der Waals surface area contributed by atoms with E-state index in [0.717, 1.165) is 37.2 Å². The Hall–Kier alpha value is -2.22. The van der Waals surface area contributed by atoms with Gasteiger partial charge in [-0.25, -0.2) is 0 Å². The van der Waals surface area contributed by atoms with E-state index in [1.807, 2.05) is 29.1 Å². The summed E-state index contributed by atoms with van der Waals surface area (Å²) in [5, 5.41) is 7.32. The molecular weight excluding hydrogens is 344 g/mol. The van der Waals surface area contributed by atoms with E-state index in [1.54, 1.807) is 6.20 Å². The molecule has 0 saturated carbocycles. The number of rotatable bonds is 6. The second-order valence-electron chi connectivity index (χ2n) is 7.29. The van der Waals surface area contributed by atoms with Gasteiger partial charge in [-0.3, -0.25) is 14.4 Å². The highest BCUT2D eigenvalue weighted by Gasteiger charge is 2.40. The molecule has 7 heteroatoms. The van der Waals surface area contributed by atoms with E-state index in [1.165, 1.54) is 0 Å². The van der Waals surface area contributed by atoms with Crippen LogP contribution >= 0.6 is 0 Å². The SMILES string of the molecule is O=C(CN1CCOC2(CCOC2)C1)NCc1ccccc1Cn1cccn1. The van der Waals surface area contributed by atoms with Crippen molar-refractivity contribution >= 4 is 5.91 Å². The lowest BCUT2D eigenvalue weighted by Crippen LogP contribution is -2.54. The lowest BCUT2D eigenvalue weighted by atomic mass is 10.0. The van der Waals surface area contributed by atoms with Gasteiger partial charge in [0.05, 0.1) is 26.3 Å². The number of carbonyl (C=O) groups is 1. The molecule has 0 bridgehead atoms. The van der Waals surface area contributed by atoms with Crippen LogP contribution in [-0.4, -0.2) is 65.6 Å². The number of nitrogens with zero attached hydrogens (tertiary/aromatic N) is 3. The molecule has 2 aliphatic heterocycles. The second-order valence-corrected chi connectivity index (χ2v) is 7.29. The Morgan fingerprint density at radius 2 is 2.11 bits per heavy atom. The van der Waals surface area contributed by atoms with Gasteiger partial charge >= 0.3 is 0 Å². The van der Waals surface area contributed by atoms with E-state index in [9.17, 15) is 4.79 Å². The third-order valence-corrected chi connectivity index (χ3v) is 5.25. The van der Waals surface area contributed by atoms with E-state index in [0.29, 0.717) is 32.8 Å². The first-order valence-corrected chi connectivity index (χ1v) is 9.47. The monoisotopic (exact) mass is 370 g/mol. The topological polar surface area (TPSA) is 68.6 Å². The first kappa shape index (κ1) is 18.2. The standard InChI is InChI=1S/C20H26N4O3/c25-19(14-23-9-11-27-20(15-23)6-10-26-16-20)21-12-17-4-1-2-5-18(17)13-24-8-3-7-22-24/h1-5,7-8H,6,9-16H2,(H,21,25). The fourth-order valence-corrected chi connectivity index (χ4v) is 3.79. The minimum atomic E-state index is -0.213. The number of hydrogen-bond acceptors (Lipinski definition) is 5. The van der Waals surface area contributed by atoms with Gasteiger partial charge in [-0.05, 0) is 17.2 Å². The highest BCUT2D eigenvalue weighted by Crippen LogP contribution is 2.27. The number of hydrogen-bond donors (Lipinski definition) is 1. The minimum Gasteiger partial charge on any atom is -0.378 e. The Kier molecular flexibility index (Phi) is 5.52. The van der Waals surface area contributed by atoms with Crippen molar-refractivity contribution in [3.05, 3.63) is 53.9 Å². The summed E-state index contributed by atoms with van der Waals surface area (Å²) in [5.41, 5.74) is 2.06. The summed E-state index contributed by atoms with van der Waals surface area (Å²) in [4.78, 5) is 14.6.